The molecule has 0 amide bonds. The van der Waals surface area contributed by atoms with Gasteiger partial charge in [0.15, 0.2) is 0 Å². The fraction of sp³-hybridized carbons (Fsp3) is 0.667. The van der Waals surface area contributed by atoms with Crippen molar-refractivity contribution in [3.63, 3.8) is 0 Å². The van der Waals surface area contributed by atoms with Crippen molar-refractivity contribution in [2.75, 3.05) is 39.5 Å². The highest BCUT2D eigenvalue weighted by Crippen LogP contribution is 2.24. The van der Waals surface area contributed by atoms with Gasteiger partial charge in [-0.3, -0.25) is 4.90 Å². The Bertz CT molecular complexity index is 433. The second-order valence-electron chi connectivity index (χ2n) is 6.32. The molecule has 2 saturated heterocycles. The van der Waals surface area contributed by atoms with Gasteiger partial charge in [-0.25, -0.2) is 0 Å². The highest BCUT2D eigenvalue weighted by Gasteiger charge is 2.26. The lowest BCUT2D eigenvalue weighted by atomic mass is 10.1. The van der Waals surface area contributed by atoms with Gasteiger partial charge in [-0.15, -0.1) is 0 Å². The molecule has 0 N–H and O–H groups in total. The van der Waals surface area contributed by atoms with E-state index in [1.54, 1.807) is 0 Å². The fourth-order valence-corrected chi connectivity index (χ4v) is 3.26. The van der Waals surface area contributed by atoms with E-state index >= 15 is 0 Å². The van der Waals surface area contributed by atoms with E-state index in [0.29, 0.717) is 6.10 Å². The van der Waals surface area contributed by atoms with Crippen molar-refractivity contribution in [2.24, 2.45) is 0 Å². The Morgan fingerprint density at radius 2 is 2.09 bits per heavy atom. The van der Waals surface area contributed by atoms with E-state index in [2.05, 4.69) is 36.1 Å². The van der Waals surface area contributed by atoms with Crippen molar-refractivity contribution in [3.8, 4) is 0 Å². The van der Waals surface area contributed by atoms with Crippen LogP contribution in [0.4, 0.5) is 0 Å². The smallest absolute Gasteiger partial charge is 0.0956 e. The molecule has 2 fully saturated rings. The summed E-state index contributed by atoms with van der Waals surface area (Å²) in [6.07, 6.45) is 3.07. The zero-order valence-electron chi connectivity index (χ0n) is 13.4. The summed E-state index contributed by atoms with van der Waals surface area (Å²) in [7, 11) is 0. The van der Waals surface area contributed by atoms with E-state index in [-0.39, 0.29) is 12.2 Å². The molecule has 22 heavy (non-hydrogen) atoms. The van der Waals surface area contributed by atoms with E-state index in [9.17, 15) is 0 Å². The number of rotatable bonds is 6. The quantitative estimate of drug-likeness (QED) is 0.756. The maximum Gasteiger partial charge on any atom is 0.0956 e. The first kappa shape index (κ1) is 15.9. The summed E-state index contributed by atoms with van der Waals surface area (Å²) in [4.78, 5) is 2.45. The van der Waals surface area contributed by atoms with E-state index in [1.165, 1.54) is 12.0 Å². The number of hydrogen-bond acceptors (Lipinski definition) is 4. The lowest BCUT2D eigenvalue weighted by Gasteiger charge is -2.37. The van der Waals surface area contributed by atoms with Gasteiger partial charge in [-0.2, -0.15) is 0 Å². The molecule has 2 aliphatic heterocycles. The number of benzene rings is 1. The third-order valence-electron chi connectivity index (χ3n) is 4.39. The topological polar surface area (TPSA) is 30.9 Å². The van der Waals surface area contributed by atoms with Gasteiger partial charge in [-0.1, -0.05) is 30.3 Å². The minimum atomic E-state index is 0.170. The minimum absolute atomic E-state index is 0.170. The predicted octanol–water partition coefficient (Wildman–Crippen LogP) is 2.64. The van der Waals surface area contributed by atoms with Crippen LogP contribution >= 0.6 is 0 Å². The standard InChI is InChI=1S/C18H27NO3/c1-15-12-19(9-11-20-14-17-8-5-10-21-17)13-18(22-15)16-6-3-2-4-7-16/h2-4,6-7,15,17-18H,5,8-14H2,1H3. The third-order valence-corrected chi connectivity index (χ3v) is 4.39. The van der Waals surface area contributed by atoms with Crippen LogP contribution in [0.1, 0.15) is 31.4 Å². The van der Waals surface area contributed by atoms with Gasteiger partial charge in [0.25, 0.3) is 0 Å². The molecule has 3 rings (SSSR count). The summed E-state index contributed by atoms with van der Waals surface area (Å²) in [6, 6.07) is 10.5. The zero-order valence-corrected chi connectivity index (χ0v) is 13.4. The Morgan fingerprint density at radius 3 is 2.86 bits per heavy atom. The predicted molar refractivity (Wildman–Crippen MR) is 86.0 cm³/mol. The van der Waals surface area contributed by atoms with Crippen molar-refractivity contribution >= 4 is 0 Å². The van der Waals surface area contributed by atoms with Crippen LogP contribution < -0.4 is 0 Å². The monoisotopic (exact) mass is 305 g/mol. The molecule has 3 unspecified atom stereocenters. The first-order valence-corrected chi connectivity index (χ1v) is 8.43. The molecule has 1 aromatic rings. The number of morpholine rings is 1. The second-order valence-corrected chi connectivity index (χ2v) is 6.32. The van der Waals surface area contributed by atoms with Gasteiger partial charge in [-0.05, 0) is 25.3 Å². The highest BCUT2D eigenvalue weighted by molar-refractivity contribution is 5.18. The lowest BCUT2D eigenvalue weighted by molar-refractivity contribution is -0.0854. The van der Waals surface area contributed by atoms with Crippen molar-refractivity contribution in [1.29, 1.82) is 0 Å². The van der Waals surface area contributed by atoms with Gasteiger partial charge >= 0.3 is 0 Å². The molecule has 122 valence electrons. The molecule has 1 aromatic carbocycles. The Hall–Kier alpha value is -0.940. The van der Waals surface area contributed by atoms with Crippen molar-refractivity contribution in [3.05, 3.63) is 35.9 Å². The molecule has 3 atom stereocenters. The number of nitrogens with zero attached hydrogens (tertiary/aromatic N) is 1. The molecule has 4 nitrogen and oxygen atoms in total. The average molecular weight is 305 g/mol. The summed E-state index contributed by atoms with van der Waals surface area (Å²) in [5, 5.41) is 0. The molecule has 0 bridgehead atoms. The summed E-state index contributed by atoms with van der Waals surface area (Å²) in [5.41, 5.74) is 1.26. The molecule has 0 aromatic heterocycles. The van der Waals surface area contributed by atoms with Gasteiger partial charge in [0.1, 0.15) is 0 Å². The first-order chi connectivity index (χ1) is 10.8. The molecular weight excluding hydrogens is 278 g/mol. The van der Waals surface area contributed by atoms with Gasteiger partial charge in [0.2, 0.25) is 0 Å². The summed E-state index contributed by atoms with van der Waals surface area (Å²) in [5.74, 6) is 0. The largest absolute Gasteiger partial charge is 0.377 e. The van der Waals surface area contributed by atoms with Crippen molar-refractivity contribution < 1.29 is 14.2 Å². The SMILES string of the molecule is CC1CN(CCOCC2CCCO2)CC(c2ccccc2)O1. The molecule has 2 aliphatic rings. The zero-order chi connectivity index (χ0) is 15.2. The average Bonchev–Trinajstić information content (AvgIpc) is 3.05. The molecule has 4 heteroatoms. The Kier molecular flexibility index (Phi) is 5.84. The van der Waals surface area contributed by atoms with Crippen LogP contribution in [0.2, 0.25) is 0 Å². The van der Waals surface area contributed by atoms with Crippen LogP contribution in [0, 0.1) is 0 Å². The summed E-state index contributed by atoms with van der Waals surface area (Å²) in [6.45, 7) is 7.44. The first-order valence-electron chi connectivity index (χ1n) is 8.43. The molecule has 0 radical (unpaired) electrons. The van der Waals surface area contributed by atoms with Crippen LogP contribution in [0.25, 0.3) is 0 Å². The molecule has 0 saturated carbocycles. The van der Waals surface area contributed by atoms with E-state index in [4.69, 9.17) is 14.2 Å². The second kappa shape index (κ2) is 8.06. The van der Waals surface area contributed by atoms with E-state index < -0.39 is 0 Å². The highest BCUT2D eigenvalue weighted by atomic mass is 16.5. The van der Waals surface area contributed by atoms with E-state index in [0.717, 1.165) is 45.9 Å². The summed E-state index contributed by atoms with van der Waals surface area (Å²) >= 11 is 0. The molecule has 0 aliphatic carbocycles. The Morgan fingerprint density at radius 1 is 1.23 bits per heavy atom. The van der Waals surface area contributed by atoms with Gasteiger partial charge < -0.3 is 14.2 Å². The maximum atomic E-state index is 6.09. The maximum absolute atomic E-state index is 6.09. The van der Waals surface area contributed by atoms with Crippen LogP contribution in [-0.4, -0.2) is 56.6 Å². The van der Waals surface area contributed by atoms with Gasteiger partial charge in [0.05, 0.1) is 31.5 Å². The van der Waals surface area contributed by atoms with Crippen LogP contribution in [0.15, 0.2) is 30.3 Å². The lowest BCUT2D eigenvalue weighted by Crippen LogP contribution is -2.44. The van der Waals surface area contributed by atoms with Crippen LogP contribution in [0.5, 0.6) is 0 Å². The van der Waals surface area contributed by atoms with Gasteiger partial charge in [0, 0.05) is 26.2 Å². The Balaban J connectivity index is 1.42. The van der Waals surface area contributed by atoms with Crippen molar-refractivity contribution in [1.82, 2.24) is 4.90 Å². The Labute approximate surface area is 133 Å². The molecular formula is C18H27NO3. The fourth-order valence-electron chi connectivity index (χ4n) is 3.26. The van der Waals surface area contributed by atoms with E-state index in [1.807, 2.05) is 6.07 Å². The molecule has 0 spiro atoms. The van der Waals surface area contributed by atoms with Crippen molar-refractivity contribution in [2.45, 2.75) is 38.1 Å². The minimum Gasteiger partial charge on any atom is -0.377 e. The third kappa shape index (κ3) is 4.53. The molecule has 2 heterocycles. The normalized spacial score (nSPS) is 29.8. The number of ether oxygens (including phenoxy) is 3. The van der Waals surface area contributed by atoms with Crippen LogP contribution in [-0.2, 0) is 14.2 Å². The van der Waals surface area contributed by atoms with Crippen LogP contribution in [0.3, 0.4) is 0 Å². The number of hydrogen-bond donors (Lipinski definition) is 0. The summed E-state index contributed by atoms with van der Waals surface area (Å²) < 4.78 is 17.5.